The Morgan fingerprint density at radius 1 is 1.29 bits per heavy atom. The Morgan fingerprint density at radius 3 is 2.50 bits per heavy atom. The molecule has 0 atom stereocenters. The van der Waals surface area contributed by atoms with Gasteiger partial charge in [-0.15, -0.1) is 0 Å². The summed E-state index contributed by atoms with van der Waals surface area (Å²) in [5.74, 6) is 0.0280. The van der Waals surface area contributed by atoms with Crippen LogP contribution in [0.3, 0.4) is 0 Å². The van der Waals surface area contributed by atoms with Crippen LogP contribution < -0.4 is 0 Å². The minimum absolute atomic E-state index is 0.0280. The van der Waals surface area contributed by atoms with Crippen LogP contribution in [0.2, 0.25) is 0 Å². The van der Waals surface area contributed by atoms with Crippen molar-refractivity contribution < 1.29 is 4.79 Å². The minimum Gasteiger partial charge on any atom is -0.289 e. The third-order valence-corrected chi connectivity index (χ3v) is 1.98. The largest absolute Gasteiger partial charge is 0.289 e. The van der Waals surface area contributed by atoms with Crippen LogP contribution in [0.5, 0.6) is 0 Å². The number of carbonyl (C=O) groups excluding carboxylic acids is 1. The summed E-state index contributed by atoms with van der Waals surface area (Å²) in [4.78, 5) is 11.5. The molecule has 1 aromatic carbocycles. The van der Waals surface area contributed by atoms with Crippen molar-refractivity contribution >= 4 is 5.78 Å². The van der Waals surface area contributed by atoms with Gasteiger partial charge in [-0.3, -0.25) is 4.79 Å². The average molecular weight is 186 g/mol. The van der Waals surface area contributed by atoms with E-state index in [-0.39, 0.29) is 5.78 Å². The van der Waals surface area contributed by atoms with E-state index in [9.17, 15) is 4.79 Å². The minimum atomic E-state index is 0.0280. The fraction of sp³-hybridized carbons (Fsp3) is 0.154. The predicted octanol–water partition coefficient (Wildman–Crippen LogP) is 3.39. The zero-order chi connectivity index (χ0) is 10.4. The van der Waals surface area contributed by atoms with Crippen molar-refractivity contribution in [1.29, 1.82) is 0 Å². The first kappa shape index (κ1) is 10.5. The summed E-state index contributed by atoms with van der Waals surface area (Å²) in [5, 5.41) is 0. The van der Waals surface area contributed by atoms with E-state index in [0.717, 1.165) is 12.0 Å². The molecular formula is C13H14O. The molecule has 0 aliphatic heterocycles. The van der Waals surface area contributed by atoms with Crippen molar-refractivity contribution in [3.63, 3.8) is 0 Å². The maximum absolute atomic E-state index is 11.5. The fourth-order valence-corrected chi connectivity index (χ4v) is 1.01. The number of hydrogen-bond donors (Lipinski definition) is 0. The smallest absolute Gasteiger partial charge is 0.185 e. The van der Waals surface area contributed by atoms with Crippen molar-refractivity contribution in [2.75, 3.05) is 0 Å². The third kappa shape index (κ3) is 3.02. The Bertz CT molecular complexity index is 347. The van der Waals surface area contributed by atoms with Gasteiger partial charge in [0.25, 0.3) is 0 Å². The molecule has 0 saturated carbocycles. The molecule has 1 aromatic rings. The number of hydrogen-bond acceptors (Lipinski definition) is 1. The predicted molar refractivity (Wildman–Crippen MR) is 59.3 cm³/mol. The highest BCUT2D eigenvalue weighted by Gasteiger charge is 1.98. The van der Waals surface area contributed by atoms with Crippen LogP contribution in [0.15, 0.2) is 54.6 Å². The summed E-state index contributed by atoms with van der Waals surface area (Å²) in [6.45, 7) is 5.81. The van der Waals surface area contributed by atoms with E-state index in [1.54, 1.807) is 24.3 Å². The second kappa shape index (κ2) is 5.18. The summed E-state index contributed by atoms with van der Waals surface area (Å²) >= 11 is 0. The van der Waals surface area contributed by atoms with Gasteiger partial charge in [0, 0.05) is 5.56 Å². The molecule has 0 aromatic heterocycles. The summed E-state index contributed by atoms with van der Waals surface area (Å²) in [6, 6.07) is 9.22. The molecule has 72 valence electrons. The van der Waals surface area contributed by atoms with Crippen LogP contribution in [-0.4, -0.2) is 5.78 Å². The van der Waals surface area contributed by atoms with E-state index in [0.29, 0.717) is 5.56 Å². The van der Waals surface area contributed by atoms with E-state index in [2.05, 4.69) is 6.58 Å². The molecule has 1 nitrogen and oxygen atoms in total. The monoisotopic (exact) mass is 186 g/mol. The van der Waals surface area contributed by atoms with Gasteiger partial charge >= 0.3 is 0 Å². The molecule has 0 saturated heterocycles. The molecule has 0 radical (unpaired) electrons. The highest BCUT2D eigenvalue weighted by atomic mass is 16.1. The zero-order valence-electron chi connectivity index (χ0n) is 8.36. The molecule has 0 heterocycles. The maximum Gasteiger partial charge on any atom is 0.185 e. The summed E-state index contributed by atoms with van der Waals surface area (Å²) in [5.41, 5.74) is 1.68. The lowest BCUT2D eigenvalue weighted by atomic mass is 10.1. The molecule has 0 unspecified atom stereocenters. The van der Waals surface area contributed by atoms with Crippen molar-refractivity contribution in [3.8, 4) is 0 Å². The zero-order valence-corrected chi connectivity index (χ0v) is 8.36. The second-order valence-corrected chi connectivity index (χ2v) is 3.08. The van der Waals surface area contributed by atoms with E-state index in [1.807, 2.05) is 25.1 Å². The van der Waals surface area contributed by atoms with Gasteiger partial charge in [0.2, 0.25) is 0 Å². The molecule has 0 bridgehead atoms. The average Bonchev–Trinajstić information content (AvgIpc) is 2.26. The highest BCUT2D eigenvalue weighted by molar-refractivity contribution is 6.04. The Hall–Kier alpha value is -1.63. The lowest BCUT2D eigenvalue weighted by Crippen LogP contribution is -1.92. The van der Waals surface area contributed by atoms with Gasteiger partial charge in [0.05, 0.1) is 0 Å². The summed E-state index contributed by atoms with van der Waals surface area (Å²) in [6.07, 6.45) is 4.22. The fourth-order valence-electron chi connectivity index (χ4n) is 1.01. The normalized spacial score (nSPS) is 10.4. The van der Waals surface area contributed by atoms with Gasteiger partial charge in [-0.2, -0.15) is 0 Å². The van der Waals surface area contributed by atoms with Crippen molar-refractivity contribution in [3.05, 3.63) is 60.2 Å². The highest BCUT2D eigenvalue weighted by Crippen LogP contribution is 2.03. The molecular weight excluding hydrogens is 172 g/mol. The Kier molecular flexibility index (Phi) is 3.86. The molecule has 0 fully saturated rings. The molecule has 1 heteroatoms. The number of ketones is 1. The molecule has 0 amide bonds. The van der Waals surface area contributed by atoms with Gasteiger partial charge in [-0.25, -0.2) is 0 Å². The SMILES string of the molecule is C=C(C=CC(=O)c1ccccc1)CC. The van der Waals surface area contributed by atoms with E-state index in [1.165, 1.54) is 0 Å². The van der Waals surface area contributed by atoms with Crippen LogP contribution in [-0.2, 0) is 0 Å². The first-order chi connectivity index (χ1) is 6.74. The number of allylic oxidation sites excluding steroid dienone is 3. The molecule has 14 heavy (non-hydrogen) atoms. The van der Waals surface area contributed by atoms with E-state index >= 15 is 0 Å². The van der Waals surface area contributed by atoms with Crippen LogP contribution >= 0.6 is 0 Å². The van der Waals surface area contributed by atoms with Gasteiger partial charge in [0.15, 0.2) is 5.78 Å². The lowest BCUT2D eigenvalue weighted by Gasteiger charge is -1.94. The lowest BCUT2D eigenvalue weighted by molar-refractivity contribution is 0.104. The van der Waals surface area contributed by atoms with Crippen LogP contribution in [0.25, 0.3) is 0 Å². The first-order valence-corrected chi connectivity index (χ1v) is 4.69. The van der Waals surface area contributed by atoms with Crippen molar-refractivity contribution in [2.24, 2.45) is 0 Å². The number of benzene rings is 1. The van der Waals surface area contributed by atoms with Crippen LogP contribution in [0, 0.1) is 0 Å². The number of carbonyl (C=O) groups is 1. The Morgan fingerprint density at radius 2 is 1.93 bits per heavy atom. The molecule has 0 aliphatic rings. The number of rotatable bonds is 4. The molecule has 0 aliphatic carbocycles. The van der Waals surface area contributed by atoms with Crippen molar-refractivity contribution in [2.45, 2.75) is 13.3 Å². The van der Waals surface area contributed by atoms with Gasteiger partial charge in [0.1, 0.15) is 0 Å². The molecule has 0 N–H and O–H groups in total. The summed E-state index contributed by atoms with van der Waals surface area (Å²) in [7, 11) is 0. The first-order valence-electron chi connectivity index (χ1n) is 4.69. The topological polar surface area (TPSA) is 17.1 Å². The van der Waals surface area contributed by atoms with E-state index in [4.69, 9.17) is 0 Å². The quantitative estimate of drug-likeness (QED) is 0.400. The van der Waals surface area contributed by atoms with Gasteiger partial charge < -0.3 is 0 Å². The Labute approximate surface area is 84.8 Å². The standard InChI is InChI=1S/C13H14O/c1-3-11(2)9-10-13(14)12-7-5-4-6-8-12/h4-10H,2-3H2,1H3. The Balaban J connectivity index is 2.69. The van der Waals surface area contributed by atoms with Crippen LogP contribution in [0.1, 0.15) is 23.7 Å². The molecule has 1 rings (SSSR count). The van der Waals surface area contributed by atoms with Crippen molar-refractivity contribution in [1.82, 2.24) is 0 Å². The van der Waals surface area contributed by atoms with Crippen LogP contribution in [0.4, 0.5) is 0 Å². The second-order valence-electron chi connectivity index (χ2n) is 3.08. The van der Waals surface area contributed by atoms with Gasteiger partial charge in [-0.1, -0.05) is 55.5 Å². The summed E-state index contributed by atoms with van der Waals surface area (Å²) < 4.78 is 0. The third-order valence-electron chi connectivity index (χ3n) is 1.98. The molecule has 0 spiro atoms. The van der Waals surface area contributed by atoms with E-state index < -0.39 is 0 Å². The maximum atomic E-state index is 11.5. The van der Waals surface area contributed by atoms with Gasteiger partial charge in [-0.05, 0) is 12.5 Å².